The molecule has 4 heteroatoms. The Labute approximate surface area is 55.4 Å². The third kappa shape index (κ3) is 5.10. The number of rotatable bonds is 1. The molecule has 0 heterocycles. The molecule has 0 aliphatic heterocycles. The van der Waals surface area contributed by atoms with Gasteiger partial charge in [-0.15, -0.1) is 0 Å². The molecule has 54 valence electrons. The van der Waals surface area contributed by atoms with Crippen LogP contribution >= 0.6 is 0 Å². The van der Waals surface area contributed by atoms with E-state index >= 15 is 0 Å². The van der Waals surface area contributed by atoms with Gasteiger partial charge in [0.2, 0.25) is 0 Å². The van der Waals surface area contributed by atoms with E-state index in [0.717, 1.165) is 0 Å². The molecule has 0 spiro atoms. The summed E-state index contributed by atoms with van der Waals surface area (Å²) in [6.07, 6.45) is 0. The van der Waals surface area contributed by atoms with E-state index in [0.29, 0.717) is 4.59 Å². The van der Waals surface area contributed by atoms with Crippen molar-refractivity contribution in [3.8, 4) is 0 Å². The number of carbonyl (C=O) groups is 1. The highest BCUT2D eigenvalue weighted by Gasteiger charge is 2.08. The summed E-state index contributed by atoms with van der Waals surface area (Å²) in [5, 5.41) is 2.46. The molecule has 0 aromatic carbocycles. The Morgan fingerprint density at radius 2 is 1.78 bits per heavy atom. The highest BCUT2D eigenvalue weighted by molar-refractivity contribution is 5.72. The molecular formula is C5H14N3O+. The minimum atomic E-state index is -0.164. The number of hydrogen-bond donors (Lipinski definition) is 2. The van der Waals surface area contributed by atoms with Gasteiger partial charge in [0.25, 0.3) is 0 Å². The zero-order valence-electron chi connectivity index (χ0n) is 6.36. The van der Waals surface area contributed by atoms with Gasteiger partial charge in [-0.2, -0.15) is 5.43 Å². The summed E-state index contributed by atoms with van der Waals surface area (Å²) in [7, 11) is 7.20. The topological polar surface area (TPSA) is 41.1 Å². The summed E-state index contributed by atoms with van der Waals surface area (Å²) < 4.78 is 0.430. The SMILES string of the molecule is CNC(=O)N[N+](C)(C)C. The normalized spacial score (nSPS) is 10.7. The molecule has 0 rings (SSSR count). The molecule has 0 atom stereocenters. The van der Waals surface area contributed by atoms with Crippen LogP contribution in [0, 0.1) is 0 Å². The van der Waals surface area contributed by atoms with Gasteiger partial charge >= 0.3 is 6.03 Å². The summed E-state index contributed by atoms with van der Waals surface area (Å²) in [5.41, 5.74) is 2.66. The summed E-state index contributed by atoms with van der Waals surface area (Å²) in [4.78, 5) is 10.6. The Morgan fingerprint density at radius 3 is 1.89 bits per heavy atom. The van der Waals surface area contributed by atoms with E-state index in [4.69, 9.17) is 0 Å². The van der Waals surface area contributed by atoms with Gasteiger partial charge in [-0.1, -0.05) is 0 Å². The number of nitrogens with zero attached hydrogens (tertiary/aromatic N) is 1. The Hall–Kier alpha value is -0.770. The Balaban J connectivity index is 3.60. The number of hydrogen-bond acceptors (Lipinski definition) is 1. The molecule has 9 heavy (non-hydrogen) atoms. The number of carbonyl (C=O) groups excluding carboxylic acids is 1. The van der Waals surface area contributed by atoms with Crippen LogP contribution in [0.5, 0.6) is 0 Å². The standard InChI is InChI=1S/C5H13N3O/c1-6-5(9)7-8(2,3)4/h1-4H3,(H-,6,7,9)/p+1. The quantitative estimate of drug-likeness (QED) is 0.368. The van der Waals surface area contributed by atoms with Crippen LogP contribution in [0.2, 0.25) is 0 Å². The Morgan fingerprint density at radius 1 is 1.33 bits per heavy atom. The highest BCUT2D eigenvalue weighted by atomic mass is 16.2. The van der Waals surface area contributed by atoms with Crippen LogP contribution in [-0.4, -0.2) is 38.8 Å². The molecule has 0 radical (unpaired) electrons. The first-order valence-electron chi connectivity index (χ1n) is 2.77. The third-order valence-corrected chi connectivity index (χ3v) is 0.664. The second-order valence-electron chi connectivity index (χ2n) is 2.70. The zero-order valence-corrected chi connectivity index (χ0v) is 6.36. The number of nitrogens with one attached hydrogen (secondary N) is 2. The zero-order chi connectivity index (χ0) is 7.49. The van der Waals surface area contributed by atoms with Crippen molar-refractivity contribution in [1.82, 2.24) is 10.7 Å². The lowest BCUT2D eigenvalue weighted by Crippen LogP contribution is -2.53. The molecule has 2 N–H and O–H groups in total. The Bertz CT molecular complexity index is 105. The fourth-order valence-electron chi connectivity index (χ4n) is 0.361. The molecule has 0 aromatic rings. The molecule has 0 aliphatic rings. The van der Waals surface area contributed by atoms with Gasteiger partial charge in [-0.25, -0.2) is 9.39 Å². The van der Waals surface area contributed by atoms with Gasteiger partial charge in [0.15, 0.2) is 0 Å². The summed E-state index contributed by atoms with van der Waals surface area (Å²) in [5.74, 6) is 0. The monoisotopic (exact) mass is 132 g/mol. The number of quaternary nitrogens is 1. The van der Waals surface area contributed by atoms with Crippen LogP contribution in [0.4, 0.5) is 4.79 Å². The van der Waals surface area contributed by atoms with Crippen molar-refractivity contribution in [2.24, 2.45) is 0 Å². The van der Waals surface area contributed by atoms with E-state index in [1.165, 1.54) is 0 Å². The molecule has 0 aromatic heterocycles. The van der Waals surface area contributed by atoms with Crippen LogP contribution in [0.3, 0.4) is 0 Å². The first kappa shape index (κ1) is 8.23. The average Bonchev–Trinajstić information content (AvgIpc) is 1.62. The van der Waals surface area contributed by atoms with Crippen LogP contribution in [0.15, 0.2) is 0 Å². The van der Waals surface area contributed by atoms with Crippen LogP contribution in [0.25, 0.3) is 0 Å². The second kappa shape index (κ2) is 2.68. The Kier molecular flexibility index (Phi) is 2.45. The molecule has 4 nitrogen and oxygen atoms in total. The van der Waals surface area contributed by atoms with Crippen molar-refractivity contribution in [2.45, 2.75) is 0 Å². The maximum absolute atomic E-state index is 10.6. The summed E-state index contributed by atoms with van der Waals surface area (Å²) in [6.45, 7) is 0. The predicted molar refractivity (Wildman–Crippen MR) is 35.6 cm³/mol. The fourth-order valence-corrected chi connectivity index (χ4v) is 0.361. The average molecular weight is 132 g/mol. The first-order valence-corrected chi connectivity index (χ1v) is 2.77. The molecule has 0 aliphatic carbocycles. The van der Waals surface area contributed by atoms with Gasteiger partial charge in [0, 0.05) is 7.05 Å². The summed E-state index contributed by atoms with van der Waals surface area (Å²) >= 11 is 0. The van der Waals surface area contributed by atoms with Crippen LogP contribution in [-0.2, 0) is 0 Å². The predicted octanol–water partition coefficient (Wildman–Crippen LogP) is -0.463. The molecular weight excluding hydrogens is 118 g/mol. The van der Waals surface area contributed by atoms with E-state index in [1.807, 2.05) is 21.1 Å². The maximum atomic E-state index is 10.6. The van der Waals surface area contributed by atoms with E-state index in [9.17, 15) is 4.79 Å². The largest absolute Gasteiger partial charge is 0.358 e. The number of amides is 2. The van der Waals surface area contributed by atoms with Gasteiger partial charge in [0.1, 0.15) is 0 Å². The molecule has 0 saturated heterocycles. The molecule has 0 unspecified atom stereocenters. The first-order chi connectivity index (χ1) is 3.95. The van der Waals surface area contributed by atoms with Crippen LogP contribution < -0.4 is 10.7 Å². The van der Waals surface area contributed by atoms with E-state index in [2.05, 4.69) is 10.7 Å². The number of urea groups is 1. The maximum Gasteiger partial charge on any atom is 0.358 e. The summed E-state index contributed by atoms with van der Waals surface area (Å²) in [6, 6.07) is -0.164. The van der Waals surface area contributed by atoms with Crippen LogP contribution in [0.1, 0.15) is 0 Å². The molecule has 2 amide bonds. The highest BCUT2D eigenvalue weighted by Crippen LogP contribution is 1.79. The van der Waals surface area contributed by atoms with Gasteiger partial charge in [-0.05, 0) is 0 Å². The van der Waals surface area contributed by atoms with Crippen molar-refractivity contribution in [3.63, 3.8) is 0 Å². The van der Waals surface area contributed by atoms with Gasteiger partial charge in [-0.3, -0.25) is 0 Å². The smallest absolute Gasteiger partial charge is 0.338 e. The lowest BCUT2D eigenvalue weighted by molar-refractivity contribution is -0.905. The molecule has 0 saturated carbocycles. The lowest BCUT2D eigenvalue weighted by Gasteiger charge is -2.22. The van der Waals surface area contributed by atoms with Crippen molar-refractivity contribution >= 4 is 6.03 Å². The third-order valence-electron chi connectivity index (χ3n) is 0.664. The van der Waals surface area contributed by atoms with Crippen molar-refractivity contribution in [2.75, 3.05) is 28.2 Å². The fraction of sp³-hybridized carbons (Fsp3) is 0.800. The van der Waals surface area contributed by atoms with Gasteiger partial charge < -0.3 is 5.32 Å². The van der Waals surface area contributed by atoms with E-state index in [1.54, 1.807) is 7.05 Å². The van der Waals surface area contributed by atoms with E-state index in [-0.39, 0.29) is 6.03 Å². The molecule has 0 bridgehead atoms. The van der Waals surface area contributed by atoms with Crippen molar-refractivity contribution in [1.29, 1.82) is 0 Å². The lowest BCUT2D eigenvalue weighted by atomic mass is 10.8. The van der Waals surface area contributed by atoms with Crippen molar-refractivity contribution < 1.29 is 9.39 Å². The minimum Gasteiger partial charge on any atom is -0.338 e. The van der Waals surface area contributed by atoms with Gasteiger partial charge in [0.05, 0.1) is 21.1 Å². The second-order valence-corrected chi connectivity index (χ2v) is 2.70. The van der Waals surface area contributed by atoms with Crippen molar-refractivity contribution in [3.05, 3.63) is 0 Å². The van der Waals surface area contributed by atoms with E-state index < -0.39 is 0 Å². The molecule has 0 fully saturated rings. The minimum absolute atomic E-state index is 0.164.